The lowest BCUT2D eigenvalue weighted by molar-refractivity contribution is 0.0953. The molecule has 0 bridgehead atoms. The summed E-state index contributed by atoms with van der Waals surface area (Å²) in [7, 11) is 0. The van der Waals surface area contributed by atoms with Crippen LogP contribution >= 0.6 is 0 Å². The number of hydrogen-bond acceptors (Lipinski definition) is 3. The van der Waals surface area contributed by atoms with Crippen LogP contribution in [0.25, 0.3) is 11.0 Å². The van der Waals surface area contributed by atoms with Crippen LogP contribution in [0.3, 0.4) is 0 Å². The fourth-order valence-electron chi connectivity index (χ4n) is 4.57. The molecule has 0 saturated carbocycles. The lowest BCUT2D eigenvalue weighted by atomic mass is 10.1. The van der Waals surface area contributed by atoms with Crippen LogP contribution in [0.4, 0.5) is 4.39 Å². The molecule has 37 heavy (non-hydrogen) atoms. The largest absolute Gasteiger partial charge is 0.493 e. The van der Waals surface area contributed by atoms with Crippen molar-refractivity contribution in [1.82, 2.24) is 14.9 Å². The number of para-hydroxylation sites is 2. The second kappa shape index (κ2) is 13.0. The number of hydrogen-bond donors (Lipinski definition) is 1. The smallest absolute Gasteiger partial charge is 0.251 e. The number of carbonyl (C=O) groups is 1. The van der Waals surface area contributed by atoms with Crippen LogP contribution in [0, 0.1) is 19.7 Å². The molecule has 4 aromatic rings. The first-order valence-corrected chi connectivity index (χ1v) is 13.2. The molecule has 0 fully saturated rings. The highest BCUT2D eigenvalue weighted by Gasteiger charge is 2.10. The molecule has 1 N–H and O–H groups in total. The molecule has 0 radical (unpaired) electrons. The Hall–Kier alpha value is -3.67. The van der Waals surface area contributed by atoms with Crippen LogP contribution in [-0.4, -0.2) is 28.6 Å². The van der Waals surface area contributed by atoms with Crippen LogP contribution in [0.5, 0.6) is 5.75 Å². The highest BCUT2D eigenvalue weighted by atomic mass is 19.1. The van der Waals surface area contributed by atoms with Gasteiger partial charge in [-0.1, -0.05) is 36.2 Å². The Labute approximate surface area is 218 Å². The molecular weight excluding hydrogens is 465 g/mol. The van der Waals surface area contributed by atoms with E-state index in [2.05, 4.69) is 60.1 Å². The van der Waals surface area contributed by atoms with Gasteiger partial charge in [0.15, 0.2) is 0 Å². The number of fused-ring (bicyclic) bond motifs is 1. The third-order valence-electron chi connectivity index (χ3n) is 6.57. The molecule has 0 aliphatic rings. The van der Waals surface area contributed by atoms with E-state index in [-0.39, 0.29) is 11.7 Å². The van der Waals surface area contributed by atoms with Crippen LogP contribution in [0.2, 0.25) is 0 Å². The number of carbonyl (C=O) groups excluding carboxylic acids is 1. The van der Waals surface area contributed by atoms with Crippen molar-refractivity contribution < 1.29 is 13.9 Å². The lowest BCUT2D eigenvalue weighted by Crippen LogP contribution is -2.24. The Morgan fingerprint density at radius 1 is 0.946 bits per heavy atom. The first-order chi connectivity index (χ1) is 18.0. The van der Waals surface area contributed by atoms with Gasteiger partial charge in [0.1, 0.15) is 17.4 Å². The van der Waals surface area contributed by atoms with Gasteiger partial charge in [-0.25, -0.2) is 9.37 Å². The molecule has 3 aromatic carbocycles. The Morgan fingerprint density at radius 3 is 2.57 bits per heavy atom. The molecule has 0 aliphatic carbocycles. The van der Waals surface area contributed by atoms with E-state index in [4.69, 9.17) is 9.72 Å². The van der Waals surface area contributed by atoms with E-state index in [0.717, 1.165) is 62.2 Å². The van der Waals surface area contributed by atoms with E-state index in [1.165, 1.54) is 40.9 Å². The van der Waals surface area contributed by atoms with Gasteiger partial charge in [-0.15, -0.1) is 0 Å². The lowest BCUT2D eigenvalue weighted by Gasteiger charge is -2.12. The molecule has 0 atom stereocenters. The maximum absolute atomic E-state index is 13.0. The first kappa shape index (κ1) is 26.4. The summed E-state index contributed by atoms with van der Waals surface area (Å²) in [5.74, 6) is 1.58. The van der Waals surface area contributed by atoms with E-state index in [0.29, 0.717) is 18.7 Å². The summed E-state index contributed by atoms with van der Waals surface area (Å²) >= 11 is 0. The van der Waals surface area contributed by atoms with Gasteiger partial charge < -0.3 is 14.6 Å². The predicted molar refractivity (Wildman–Crippen MR) is 147 cm³/mol. The van der Waals surface area contributed by atoms with Gasteiger partial charge in [0, 0.05) is 25.1 Å². The summed E-state index contributed by atoms with van der Waals surface area (Å²) in [6.45, 7) is 6.41. The van der Waals surface area contributed by atoms with E-state index >= 15 is 0 Å². The summed E-state index contributed by atoms with van der Waals surface area (Å²) in [4.78, 5) is 17.1. The summed E-state index contributed by atoms with van der Waals surface area (Å²) in [5, 5.41) is 2.91. The van der Waals surface area contributed by atoms with E-state index in [1.54, 1.807) is 0 Å². The summed E-state index contributed by atoms with van der Waals surface area (Å²) in [6.07, 6.45) is 5.80. The van der Waals surface area contributed by atoms with Gasteiger partial charge in [-0.3, -0.25) is 4.79 Å². The monoisotopic (exact) mass is 501 g/mol. The van der Waals surface area contributed by atoms with Gasteiger partial charge in [0.05, 0.1) is 17.6 Å². The average Bonchev–Trinajstić information content (AvgIpc) is 3.24. The minimum Gasteiger partial charge on any atom is -0.493 e. The third-order valence-corrected chi connectivity index (χ3v) is 6.57. The number of unbranched alkanes of at least 4 members (excludes halogenated alkanes) is 3. The predicted octanol–water partition coefficient (Wildman–Crippen LogP) is 6.79. The Balaban J connectivity index is 1.22. The van der Waals surface area contributed by atoms with Gasteiger partial charge in [0.25, 0.3) is 5.91 Å². The van der Waals surface area contributed by atoms with E-state index < -0.39 is 0 Å². The fraction of sp³-hybridized carbons (Fsp3) is 0.355. The second-order valence-corrected chi connectivity index (χ2v) is 9.57. The number of rotatable bonds is 13. The maximum atomic E-state index is 13.0. The molecule has 0 saturated heterocycles. The molecule has 6 heteroatoms. The first-order valence-electron chi connectivity index (χ1n) is 13.2. The van der Waals surface area contributed by atoms with E-state index in [1.807, 2.05) is 6.07 Å². The van der Waals surface area contributed by atoms with Crippen molar-refractivity contribution in [1.29, 1.82) is 0 Å². The topological polar surface area (TPSA) is 56.1 Å². The molecule has 5 nitrogen and oxygen atoms in total. The average molecular weight is 502 g/mol. The van der Waals surface area contributed by atoms with Crippen molar-refractivity contribution in [2.45, 2.75) is 58.9 Å². The van der Waals surface area contributed by atoms with Crippen LogP contribution in [0.1, 0.15) is 59.4 Å². The number of halogens is 1. The van der Waals surface area contributed by atoms with Crippen molar-refractivity contribution in [2.24, 2.45) is 0 Å². The number of amides is 1. The minimum absolute atomic E-state index is 0.164. The molecular formula is C31H36FN3O2. The number of ether oxygens (including phenoxy) is 1. The molecule has 0 aliphatic heterocycles. The standard InChI is InChI=1S/C31H36FN3O2/c1-23-13-18-29(24(2)22-23)37-21-9-8-20-35-28-11-6-5-10-27(28)34-30(35)12-4-3-7-19-33-31(36)25-14-16-26(32)17-15-25/h5-6,10-11,13-18,22H,3-4,7-9,12,19-21H2,1-2H3,(H,33,36). The molecule has 1 aromatic heterocycles. The van der Waals surface area contributed by atoms with Crippen molar-refractivity contribution in [2.75, 3.05) is 13.2 Å². The maximum Gasteiger partial charge on any atom is 0.251 e. The van der Waals surface area contributed by atoms with E-state index in [9.17, 15) is 9.18 Å². The molecule has 0 spiro atoms. The second-order valence-electron chi connectivity index (χ2n) is 9.57. The summed E-state index contributed by atoms with van der Waals surface area (Å²) < 4.78 is 21.4. The number of imidazole rings is 1. The van der Waals surface area contributed by atoms with Crippen molar-refractivity contribution in [3.8, 4) is 5.75 Å². The molecule has 4 rings (SSSR count). The zero-order valence-corrected chi connectivity index (χ0v) is 21.8. The van der Waals surface area contributed by atoms with Gasteiger partial charge in [0.2, 0.25) is 0 Å². The third kappa shape index (κ3) is 7.42. The highest BCUT2D eigenvalue weighted by Crippen LogP contribution is 2.21. The fourth-order valence-corrected chi connectivity index (χ4v) is 4.57. The quantitative estimate of drug-likeness (QED) is 0.205. The number of aromatic nitrogens is 2. The normalized spacial score (nSPS) is 11.1. The molecule has 1 heterocycles. The number of nitrogens with one attached hydrogen (secondary N) is 1. The highest BCUT2D eigenvalue weighted by molar-refractivity contribution is 5.94. The summed E-state index contributed by atoms with van der Waals surface area (Å²) in [6, 6.07) is 20.2. The Morgan fingerprint density at radius 2 is 1.76 bits per heavy atom. The Kier molecular flexibility index (Phi) is 9.30. The van der Waals surface area contributed by atoms with Crippen LogP contribution in [0.15, 0.2) is 66.7 Å². The zero-order valence-electron chi connectivity index (χ0n) is 21.8. The number of benzene rings is 3. The molecule has 1 amide bonds. The van der Waals surface area contributed by atoms with Crippen molar-refractivity contribution in [3.05, 3.63) is 95.1 Å². The van der Waals surface area contributed by atoms with Gasteiger partial charge >= 0.3 is 0 Å². The SMILES string of the molecule is Cc1ccc(OCCCCn2c(CCCCCNC(=O)c3ccc(F)cc3)nc3ccccc32)c(C)c1. The van der Waals surface area contributed by atoms with Gasteiger partial charge in [-0.2, -0.15) is 0 Å². The van der Waals surface area contributed by atoms with Crippen LogP contribution in [-0.2, 0) is 13.0 Å². The Bertz CT molecular complexity index is 1310. The van der Waals surface area contributed by atoms with Crippen molar-refractivity contribution in [3.63, 3.8) is 0 Å². The summed E-state index contributed by atoms with van der Waals surface area (Å²) in [5.41, 5.74) is 5.13. The van der Waals surface area contributed by atoms with Crippen molar-refractivity contribution >= 4 is 16.9 Å². The molecule has 194 valence electrons. The van der Waals surface area contributed by atoms with Gasteiger partial charge in [-0.05, 0) is 87.6 Å². The molecule has 0 unspecified atom stereocenters. The number of aryl methyl sites for hydroxylation is 4. The minimum atomic E-state index is -0.340. The van der Waals surface area contributed by atoms with Crippen LogP contribution < -0.4 is 10.1 Å². The number of nitrogens with zero attached hydrogens (tertiary/aromatic N) is 2. The zero-order chi connectivity index (χ0) is 26.0.